The summed E-state index contributed by atoms with van der Waals surface area (Å²) in [6, 6.07) is 4.98. The number of hydrogen-bond donors (Lipinski definition) is 2. The number of aryl methyl sites for hydroxylation is 2. The zero-order valence-electron chi connectivity index (χ0n) is 11.7. The lowest BCUT2D eigenvalue weighted by molar-refractivity contribution is 0.0955. The molecule has 114 valence electrons. The minimum absolute atomic E-state index is 0.104. The summed E-state index contributed by atoms with van der Waals surface area (Å²) in [4.78, 5) is 14.7. The zero-order valence-corrected chi connectivity index (χ0v) is 14.1. The van der Waals surface area contributed by atoms with Gasteiger partial charge >= 0.3 is 0 Å². The number of thiophene rings is 2. The molecule has 5 nitrogen and oxygen atoms in total. The third kappa shape index (κ3) is 3.91. The Labute approximate surface area is 131 Å². The minimum atomic E-state index is -3.67. The van der Waals surface area contributed by atoms with E-state index in [1.54, 1.807) is 6.07 Å². The van der Waals surface area contributed by atoms with Crippen LogP contribution in [0.2, 0.25) is 0 Å². The number of primary sulfonamides is 1. The highest BCUT2D eigenvalue weighted by atomic mass is 32.2. The number of carbonyl (C=O) groups is 1. The average molecular weight is 344 g/mol. The lowest BCUT2D eigenvalue weighted by Crippen LogP contribution is -2.21. The van der Waals surface area contributed by atoms with Gasteiger partial charge < -0.3 is 5.32 Å². The second-order valence-electron chi connectivity index (χ2n) is 4.52. The van der Waals surface area contributed by atoms with Crippen LogP contribution in [0, 0.1) is 6.92 Å². The molecule has 0 saturated carbocycles. The van der Waals surface area contributed by atoms with Crippen molar-refractivity contribution in [2.75, 3.05) is 0 Å². The van der Waals surface area contributed by atoms with Gasteiger partial charge in [-0.25, -0.2) is 13.6 Å². The predicted octanol–water partition coefficient (Wildman–Crippen LogP) is 2.26. The number of hydrogen-bond acceptors (Lipinski definition) is 5. The number of rotatable bonds is 5. The van der Waals surface area contributed by atoms with Crippen LogP contribution in [0.4, 0.5) is 0 Å². The SMILES string of the molecule is CCc1sc(C(=O)NCc2ccc(S(N)(=O)=O)s2)cc1C. The third-order valence-electron chi connectivity index (χ3n) is 2.91. The minimum Gasteiger partial charge on any atom is -0.346 e. The summed E-state index contributed by atoms with van der Waals surface area (Å²) < 4.78 is 22.5. The largest absolute Gasteiger partial charge is 0.346 e. The van der Waals surface area contributed by atoms with E-state index in [0.29, 0.717) is 4.88 Å². The lowest BCUT2D eigenvalue weighted by atomic mass is 10.2. The molecule has 0 aliphatic carbocycles. The number of nitrogens with two attached hydrogens (primary N) is 1. The first-order valence-corrected chi connectivity index (χ1v) is 9.48. The topological polar surface area (TPSA) is 89.3 Å². The Bertz CT molecular complexity index is 759. The van der Waals surface area contributed by atoms with Crippen LogP contribution in [0.5, 0.6) is 0 Å². The van der Waals surface area contributed by atoms with E-state index in [0.717, 1.165) is 28.2 Å². The van der Waals surface area contributed by atoms with Crippen LogP contribution < -0.4 is 10.5 Å². The van der Waals surface area contributed by atoms with Crippen molar-refractivity contribution in [2.24, 2.45) is 5.14 Å². The molecule has 0 bridgehead atoms. The fourth-order valence-corrected chi connectivity index (χ4v) is 4.59. The van der Waals surface area contributed by atoms with Gasteiger partial charge in [-0.1, -0.05) is 6.92 Å². The molecule has 0 saturated heterocycles. The van der Waals surface area contributed by atoms with Gasteiger partial charge in [0.05, 0.1) is 11.4 Å². The Morgan fingerprint density at radius 1 is 1.33 bits per heavy atom. The Morgan fingerprint density at radius 2 is 2.05 bits per heavy atom. The maximum absolute atomic E-state index is 12.1. The molecule has 0 aromatic carbocycles. The molecule has 2 rings (SSSR count). The number of carbonyl (C=O) groups excluding carboxylic acids is 1. The number of amides is 1. The molecule has 2 aromatic heterocycles. The number of sulfonamides is 1. The van der Waals surface area contributed by atoms with E-state index in [9.17, 15) is 13.2 Å². The van der Waals surface area contributed by atoms with Crippen molar-refractivity contribution in [2.45, 2.75) is 31.0 Å². The van der Waals surface area contributed by atoms with Gasteiger partial charge in [0.1, 0.15) is 4.21 Å². The van der Waals surface area contributed by atoms with E-state index in [4.69, 9.17) is 5.14 Å². The van der Waals surface area contributed by atoms with Gasteiger partial charge in [-0.15, -0.1) is 22.7 Å². The summed E-state index contributed by atoms with van der Waals surface area (Å²) >= 11 is 2.55. The maximum Gasteiger partial charge on any atom is 0.261 e. The van der Waals surface area contributed by atoms with Crippen LogP contribution in [0.15, 0.2) is 22.4 Å². The van der Waals surface area contributed by atoms with Crippen LogP contribution in [-0.4, -0.2) is 14.3 Å². The average Bonchev–Trinajstić information content (AvgIpc) is 3.01. The zero-order chi connectivity index (χ0) is 15.6. The summed E-state index contributed by atoms with van der Waals surface area (Å²) in [5.41, 5.74) is 1.13. The first-order valence-electron chi connectivity index (χ1n) is 6.30. The van der Waals surface area contributed by atoms with Gasteiger partial charge in [0, 0.05) is 9.75 Å². The molecular formula is C13H16N2O3S3. The highest BCUT2D eigenvalue weighted by Crippen LogP contribution is 2.23. The fourth-order valence-electron chi connectivity index (χ4n) is 1.84. The van der Waals surface area contributed by atoms with Gasteiger partial charge in [0.15, 0.2) is 0 Å². The van der Waals surface area contributed by atoms with Crippen LogP contribution in [0.25, 0.3) is 0 Å². The van der Waals surface area contributed by atoms with E-state index >= 15 is 0 Å². The van der Waals surface area contributed by atoms with Crippen molar-refractivity contribution < 1.29 is 13.2 Å². The molecule has 3 N–H and O–H groups in total. The molecule has 0 aliphatic rings. The van der Waals surface area contributed by atoms with Gasteiger partial charge in [-0.3, -0.25) is 4.79 Å². The van der Waals surface area contributed by atoms with Crippen LogP contribution in [-0.2, 0) is 23.0 Å². The van der Waals surface area contributed by atoms with E-state index in [1.165, 1.54) is 22.3 Å². The molecule has 0 atom stereocenters. The Balaban J connectivity index is 2.02. The lowest BCUT2D eigenvalue weighted by Gasteiger charge is -2.00. The summed E-state index contributed by atoms with van der Waals surface area (Å²) in [6.45, 7) is 4.34. The van der Waals surface area contributed by atoms with Crippen molar-refractivity contribution in [3.05, 3.63) is 38.4 Å². The van der Waals surface area contributed by atoms with Crippen molar-refractivity contribution in [1.29, 1.82) is 0 Å². The monoisotopic (exact) mass is 344 g/mol. The molecule has 8 heteroatoms. The van der Waals surface area contributed by atoms with Crippen LogP contribution in [0.3, 0.4) is 0 Å². The maximum atomic E-state index is 12.1. The smallest absolute Gasteiger partial charge is 0.261 e. The molecule has 0 spiro atoms. The van der Waals surface area contributed by atoms with E-state index in [-0.39, 0.29) is 16.7 Å². The van der Waals surface area contributed by atoms with E-state index in [2.05, 4.69) is 12.2 Å². The Morgan fingerprint density at radius 3 is 2.57 bits per heavy atom. The summed E-state index contributed by atoms with van der Waals surface area (Å²) in [5.74, 6) is -0.145. The summed E-state index contributed by atoms with van der Waals surface area (Å²) in [6.07, 6.45) is 0.909. The second kappa shape index (κ2) is 6.27. The van der Waals surface area contributed by atoms with Crippen molar-refractivity contribution in [3.63, 3.8) is 0 Å². The van der Waals surface area contributed by atoms with Crippen LogP contribution >= 0.6 is 22.7 Å². The van der Waals surface area contributed by atoms with Gasteiger partial charge in [0.25, 0.3) is 5.91 Å². The summed E-state index contributed by atoms with van der Waals surface area (Å²) in [5, 5.41) is 7.84. The van der Waals surface area contributed by atoms with Gasteiger partial charge in [0.2, 0.25) is 10.0 Å². The first kappa shape index (κ1) is 16.2. The van der Waals surface area contributed by atoms with Gasteiger partial charge in [-0.2, -0.15) is 0 Å². The molecule has 1 amide bonds. The quantitative estimate of drug-likeness (QED) is 0.872. The van der Waals surface area contributed by atoms with Gasteiger partial charge in [-0.05, 0) is 37.1 Å². The molecule has 0 fully saturated rings. The molecule has 2 heterocycles. The summed E-state index contributed by atoms with van der Waals surface area (Å²) in [7, 11) is -3.67. The highest BCUT2D eigenvalue weighted by molar-refractivity contribution is 7.91. The molecule has 0 aliphatic heterocycles. The first-order chi connectivity index (χ1) is 9.81. The third-order valence-corrected chi connectivity index (χ3v) is 6.81. The fraction of sp³-hybridized carbons (Fsp3) is 0.308. The standard InChI is InChI=1S/C13H16N2O3S3/c1-3-10-8(2)6-11(20-10)13(16)15-7-9-4-5-12(19-9)21(14,17)18/h4-6H,3,7H2,1-2H3,(H,15,16)(H2,14,17,18). The molecule has 0 radical (unpaired) electrons. The predicted molar refractivity (Wildman–Crippen MR) is 85.3 cm³/mol. The normalized spacial score (nSPS) is 11.6. The molecular weight excluding hydrogens is 328 g/mol. The molecule has 21 heavy (non-hydrogen) atoms. The molecule has 2 aromatic rings. The Hall–Kier alpha value is -1.22. The van der Waals surface area contributed by atoms with Crippen molar-refractivity contribution in [1.82, 2.24) is 5.32 Å². The molecule has 0 unspecified atom stereocenters. The van der Waals surface area contributed by atoms with E-state index < -0.39 is 10.0 Å². The number of nitrogens with one attached hydrogen (secondary N) is 1. The van der Waals surface area contributed by atoms with E-state index in [1.807, 2.05) is 13.0 Å². The van der Waals surface area contributed by atoms with Crippen LogP contribution in [0.1, 0.15) is 31.9 Å². The second-order valence-corrected chi connectivity index (χ2v) is 8.61. The van der Waals surface area contributed by atoms with Crippen molar-refractivity contribution >= 4 is 38.6 Å². The van der Waals surface area contributed by atoms with Crippen molar-refractivity contribution in [3.8, 4) is 0 Å². The highest BCUT2D eigenvalue weighted by Gasteiger charge is 2.14. The Kier molecular flexibility index (Phi) is 4.82.